The maximum atomic E-state index is 11.3. The number of carbonyl (C=O) groups excluding carboxylic acids is 1. The van der Waals surface area contributed by atoms with E-state index in [4.69, 9.17) is 11.5 Å². The second kappa shape index (κ2) is 4.72. The van der Waals surface area contributed by atoms with Crippen LogP contribution in [0.4, 0.5) is 10.8 Å². The zero-order valence-corrected chi connectivity index (χ0v) is 10.8. The number of carbonyl (C=O) groups is 1. The molecule has 0 aromatic carbocycles. The third-order valence-corrected chi connectivity index (χ3v) is 4.00. The van der Waals surface area contributed by atoms with Crippen LogP contribution in [0.5, 0.6) is 0 Å². The molecule has 7 heteroatoms. The second-order valence-electron chi connectivity index (χ2n) is 3.60. The number of nitrogens with zero attached hydrogens (tertiary/aromatic N) is 2. The van der Waals surface area contributed by atoms with Gasteiger partial charge in [0.1, 0.15) is 10.6 Å². The molecule has 0 saturated carbocycles. The molecule has 0 atom stereocenters. The van der Waals surface area contributed by atoms with Crippen molar-refractivity contribution in [3.05, 3.63) is 28.0 Å². The Morgan fingerprint density at radius 3 is 2.94 bits per heavy atom. The fourth-order valence-electron chi connectivity index (χ4n) is 1.51. The zero-order chi connectivity index (χ0) is 12.4. The molecule has 0 radical (unpaired) electrons. The lowest BCUT2D eigenvalue weighted by atomic mass is 10.2. The maximum Gasteiger partial charge on any atom is 0.255 e. The van der Waals surface area contributed by atoms with Gasteiger partial charge in [-0.3, -0.25) is 4.79 Å². The molecule has 0 aliphatic rings. The van der Waals surface area contributed by atoms with Crippen molar-refractivity contribution in [1.29, 1.82) is 0 Å². The number of rotatable bonds is 4. The summed E-state index contributed by atoms with van der Waals surface area (Å²) >= 11 is 2.83. The van der Waals surface area contributed by atoms with Crippen LogP contribution in [0, 0.1) is 0 Å². The summed E-state index contributed by atoms with van der Waals surface area (Å²) in [4.78, 5) is 13.2. The van der Waals surface area contributed by atoms with Crippen molar-refractivity contribution in [2.45, 2.75) is 6.54 Å². The van der Waals surface area contributed by atoms with E-state index in [0.717, 1.165) is 0 Å². The van der Waals surface area contributed by atoms with E-state index in [-0.39, 0.29) is 5.82 Å². The lowest BCUT2D eigenvalue weighted by molar-refractivity contribution is 0.100. The van der Waals surface area contributed by atoms with Crippen molar-refractivity contribution in [2.75, 3.05) is 17.7 Å². The van der Waals surface area contributed by atoms with Gasteiger partial charge in [0.05, 0.1) is 0 Å². The van der Waals surface area contributed by atoms with E-state index in [1.54, 1.807) is 11.3 Å². The van der Waals surface area contributed by atoms with Crippen LogP contribution in [-0.2, 0) is 6.54 Å². The molecule has 4 N–H and O–H groups in total. The Hall–Kier alpha value is -1.60. The second-order valence-corrected chi connectivity index (χ2v) is 5.13. The number of thiophene rings is 1. The fourth-order valence-corrected chi connectivity index (χ4v) is 2.95. The number of aromatic nitrogens is 1. The molecular formula is C10H12N4OS2. The van der Waals surface area contributed by atoms with E-state index in [1.165, 1.54) is 17.1 Å². The standard InChI is InChI=1S/C10H12N4OS2/c1-14(4-6-2-3-16-5-6)10-7(9(12)15)8(11)13-17-10/h2-3,5H,4H2,1H3,(H2,11,13)(H2,12,15). The first-order valence-electron chi connectivity index (χ1n) is 4.86. The zero-order valence-electron chi connectivity index (χ0n) is 9.21. The number of anilines is 2. The Labute approximate surface area is 107 Å². The van der Waals surface area contributed by atoms with E-state index in [0.29, 0.717) is 17.1 Å². The molecular weight excluding hydrogens is 256 g/mol. The van der Waals surface area contributed by atoms with Crippen LogP contribution in [0.25, 0.3) is 0 Å². The van der Waals surface area contributed by atoms with Gasteiger partial charge in [0, 0.05) is 13.6 Å². The van der Waals surface area contributed by atoms with E-state index in [9.17, 15) is 4.79 Å². The molecule has 2 aromatic rings. The summed E-state index contributed by atoms with van der Waals surface area (Å²) in [6.07, 6.45) is 0. The van der Waals surface area contributed by atoms with Crippen molar-refractivity contribution >= 4 is 39.6 Å². The van der Waals surface area contributed by atoms with Crippen molar-refractivity contribution in [1.82, 2.24) is 4.37 Å². The van der Waals surface area contributed by atoms with Crippen LogP contribution in [0.2, 0.25) is 0 Å². The van der Waals surface area contributed by atoms with Crippen LogP contribution < -0.4 is 16.4 Å². The van der Waals surface area contributed by atoms with Gasteiger partial charge in [-0.25, -0.2) is 0 Å². The van der Waals surface area contributed by atoms with Crippen molar-refractivity contribution in [2.24, 2.45) is 5.73 Å². The first-order chi connectivity index (χ1) is 8.09. The fraction of sp³-hybridized carbons (Fsp3) is 0.200. The summed E-state index contributed by atoms with van der Waals surface area (Å²) in [6, 6.07) is 2.04. The van der Waals surface area contributed by atoms with Crippen molar-refractivity contribution < 1.29 is 4.79 Å². The minimum Gasteiger partial charge on any atom is -0.382 e. The topological polar surface area (TPSA) is 85.2 Å². The number of nitrogen functional groups attached to an aromatic ring is 1. The van der Waals surface area contributed by atoms with Crippen molar-refractivity contribution in [3.8, 4) is 0 Å². The molecule has 0 aliphatic heterocycles. The molecule has 0 saturated heterocycles. The normalized spacial score (nSPS) is 10.4. The van der Waals surface area contributed by atoms with Gasteiger partial charge in [-0.05, 0) is 33.9 Å². The number of hydrogen-bond acceptors (Lipinski definition) is 6. The van der Waals surface area contributed by atoms with Gasteiger partial charge < -0.3 is 16.4 Å². The average Bonchev–Trinajstić information content (AvgIpc) is 2.86. The Morgan fingerprint density at radius 1 is 1.59 bits per heavy atom. The SMILES string of the molecule is CN(Cc1ccsc1)c1snc(N)c1C(N)=O. The number of nitrogens with two attached hydrogens (primary N) is 2. The monoisotopic (exact) mass is 268 g/mol. The molecule has 2 rings (SSSR count). The Kier molecular flexibility index (Phi) is 3.30. The molecule has 0 fully saturated rings. The van der Waals surface area contributed by atoms with E-state index in [2.05, 4.69) is 9.75 Å². The molecule has 90 valence electrons. The minimum absolute atomic E-state index is 0.203. The van der Waals surface area contributed by atoms with Gasteiger partial charge in [0.25, 0.3) is 5.91 Å². The molecule has 1 amide bonds. The van der Waals surface area contributed by atoms with Crippen LogP contribution in [0.15, 0.2) is 16.8 Å². The Balaban J connectivity index is 2.25. The van der Waals surface area contributed by atoms with Gasteiger partial charge in [-0.2, -0.15) is 15.7 Å². The third-order valence-electron chi connectivity index (χ3n) is 2.29. The number of primary amides is 1. The van der Waals surface area contributed by atoms with E-state index < -0.39 is 5.91 Å². The predicted molar refractivity (Wildman–Crippen MR) is 71.5 cm³/mol. The smallest absolute Gasteiger partial charge is 0.255 e. The molecule has 17 heavy (non-hydrogen) atoms. The van der Waals surface area contributed by atoms with Gasteiger partial charge >= 0.3 is 0 Å². The summed E-state index contributed by atoms with van der Waals surface area (Å²) in [6.45, 7) is 0.700. The Bertz CT molecular complexity index is 520. The summed E-state index contributed by atoms with van der Waals surface area (Å²) in [5.74, 6) is -0.335. The largest absolute Gasteiger partial charge is 0.382 e. The highest BCUT2D eigenvalue weighted by Gasteiger charge is 2.19. The molecule has 0 aliphatic carbocycles. The van der Waals surface area contributed by atoms with Gasteiger partial charge in [-0.1, -0.05) is 0 Å². The third kappa shape index (κ3) is 2.40. The quantitative estimate of drug-likeness (QED) is 0.880. The first kappa shape index (κ1) is 11.9. The average molecular weight is 268 g/mol. The predicted octanol–water partition coefficient (Wildman–Crippen LogP) is 1.52. The highest BCUT2D eigenvalue weighted by Crippen LogP contribution is 2.30. The highest BCUT2D eigenvalue weighted by molar-refractivity contribution is 7.11. The van der Waals surface area contributed by atoms with Crippen LogP contribution >= 0.6 is 22.9 Å². The van der Waals surface area contributed by atoms with Crippen LogP contribution in [0.1, 0.15) is 15.9 Å². The minimum atomic E-state index is -0.539. The first-order valence-corrected chi connectivity index (χ1v) is 6.58. The van der Waals surface area contributed by atoms with Crippen LogP contribution in [0.3, 0.4) is 0 Å². The Morgan fingerprint density at radius 2 is 2.35 bits per heavy atom. The summed E-state index contributed by atoms with van der Waals surface area (Å²) < 4.78 is 3.97. The van der Waals surface area contributed by atoms with E-state index in [1.807, 2.05) is 23.4 Å². The van der Waals surface area contributed by atoms with Gasteiger partial charge in [0.2, 0.25) is 0 Å². The molecule has 2 heterocycles. The lowest BCUT2D eigenvalue weighted by Crippen LogP contribution is -2.20. The van der Waals surface area contributed by atoms with Crippen LogP contribution in [-0.4, -0.2) is 17.3 Å². The summed E-state index contributed by atoms with van der Waals surface area (Å²) in [5.41, 5.74) is 12.4. The summed E-state index contributed by atoms with van der Waals surface area (Å²) in [5, 5.41) is 4.78. The lowest BCUT2D eigenvalue weighted by Gasteiger charge is -2.16. The van der Waals surface area contributed by atoms with Crippen molar-refractivity contribution in [3.63, 3.8) is 0 Å². The van der Waals surface area contributed by atoms with Gasteiger partial charge in [-0.15, -0.1) is 0 Å². The molecule has 0 unspecified atom stereocenters. The summed E-state index contributed by atoms with van der Waals surface area (Å²) in [7, 11) is 1.89. The molecule has 5 nitrogen and oxygen atoms in total. The number of amides is 1. The highest BCUT2D eigenvalue weighted by atomic mass is 32.1. The molecule has 0 spiro atoms. The van der Waals surface area contributed by atoms with E-state index >= 15 is 0 Å². The van der Waals surface area contributed by atoms with Gasteiger partial charge in [0.15, 0.2) is 5.82 Å². The molecule has 0 bridgehead atoms. The maximum absolute atomic E-state index is 11.3. The number of hydrogen-bond donors (Lipinski definition) is 2. The molecule has 2 aromatic heterocycles.